The summed E-state index contributed by atoms with van der Waals surface area (Å²) in [6.07, 6.45) is 2.13. The number of rotatable bonds is 12. The number of nitrogens with zero attached hydrogens (tertiary/aromatic N) is 3. The summed E-state index contributed by atoms with van der Waals surface area (Å²) in [5.41, 5.74) is 5.71. The van der Waals surface area contributed by atoms with Crippen LogP contribution in [0, 0.1) is 5.41 Å². The number of benzene rings is 3. The van der Waals surface area contributed by atoms with Crippen molar-refractivity contribution in [2.75, 3.05) is 13.7 Å². The summed E-state index contributed by atoms with van der Waals surface area (Å²) in [6, 6.07) is 27.0. The lowest BCUT2D eigenvalue weighted by molar-refractivity contribution is -0.153. The van der Waals surface area contributed by atoms with E-state index in [4.69, 9.17) is 19.2 Å². The molecule has 0 aliphatic carbocycles. The molecule has 50 heavy (non-hydrogen) atoms. The number of pyridine rings is 1. The van der Waals surface area contributed by atoms with Gasteiger partial charge >= 0.3 is 5.97 Å². The number of hydrogen-bond donors (Lipinski definition) is 0. The van der Waals surface area contributed by atoms with E-state index >= 15 is 0 Å². The molecule has 0 fully saturated rings. The highest BCUT2D eigenvalue weighted by Gasteiger charge is 2.34. The van der Waals surface area contributed by atoms with Crippen LogP contribution in [0.1, 0.15) is 70.8 Å². The predicted octanol–water partition coefficient (Wildman–Crippen LogP) is 10.5. The summed E-state index contributed by atoms with van der Waals surface area (Å²) in [7, 11) is 1.62. The van der Waals surface area contributed by atoms with Gasteiger partial charge in [0.25, 0.3) is 0 Å². The molecule has 6 rings (SSSR count). The first-order chi connectivity index (χ1) is 23.8. The van der Waals surface area contributed by atoms with Crippen molar-refractivity contribution in [2.24, 2.45) is 5.41 Å². The van der Waals surface area contributed by atoms with Crippen molar-refractivity contribution in [1.82, 2.24) is 14.5 Å². The normalized spacial score (nSPS) is 12.7. The summed E-state index contributed by atoms with van der Waals surface area (Å²) in [4.78, 5) is 23.6. The molecular weight excluding hydrogens is 663 g/mol. The molecule has 0 bridgehead atoms. The van der Waals surface area contributed by atoms with E-state index in [0.29, 0.717) is 25.5 Å². The number of para-hydroxylation sites is 1. The first-order valence-electron chi connectivity index (χ1n) is 17.0. The van der Waals surface area contributed by atoms with Crippen LogP contribution in [0.2, 0.25) is 0 Å². The second kappa shape index (κ2) is 14.5. The number of methoxy groups -OCH3 is 1. The third-order valence-corrected chi connectivity index (χ3v) is 11.0. The van der Waals surface area contributed by atoms with Gasteiger partial charge in [-0.3, -0.25) is 4.79 Å². The molecule has 0 N–H and O–H groups in total. The van der Waals surface area contributed by atoms with Crippen LogP contribution in [0.15, 0.2) is 90.0 Å². The molecule has 9 heteroatoms. The molecule has 0 saturated carbocycles. The number of aromatic nitrogens is 3. The molecule has 260 valence electrons. The fourth-order valence-electron chi connectivity index (χ4n) is 6.00. The number of carbonyl (C=O) groups is 1. The molecule has 0 amide bonds. The molecule has 0 aliphatic heterocycles. The molecule has 0 saturated heterocycles. The zero-order valence-electron chi connectivity index (χ0n) is 30.1. The van der Waals surface area contributed by atoms with Crippen LogP contribution in [0.3, 0.4) is 0 Å². The minimum Gasteiger partial charge on any atom is -0.484 e. The summed E-state index contributed by atoms with van der Waals surface area (Å²) in [5, 5.41) is 2.05. The summed E-state index contributed by atoms with van der Waals surface area (Å²) >= 11 is 3.49. The van der Waals surface area contributed by atoms with Crippen LogP contribution < -0.4 is 9.47 Å². The summed E-state index contributed by atoms with van der Waals surface area (Å²) < 4.78 is 20.8. The molecule has 7 nitrogen and oxygen atoms in total. The third kappa shape index (κ3) is 7.84. The highest BCUT2D eigenvalue weighted by atomic mass is 32.2. The van der Waals surface area contributed by atoms with Gasteiger partial charge in [0.2, 0.25) is 5.88 Å². The van der Waals surface area contributed by atoms with Crippen LogP contribution in [0.25, 0.3) is 32.2 Å². The number of ether oxygens (including phenoxy) is 3. The number of fused-ring (bicyclic) bond motifs is 2. The predicted molar refractivity (Wildman–Crippen MR) is 206 cm³/mol. The van der Waals surface area contributed by atoms with Gasteiger partial charge in [-0.2, -0.15) is 0 Å². The van der Waals surface area contributed by atoms with Gasteiger partial charge in [0.05, 0.1) is 29.3 Å². The highest BCUT2D eigenvalue weighted by molar-refractivity contribution is 8.00. The van der Waals surface area contributed by atoms with Crippen molar-refractivity contribution in [2.45, 2.75) is 77.2 Å². The number of thioether (sulfide) groups is 1. The Morgan fingerprint density at radius 1 is 0.960 bits per heavy atom. The molecule has 0 radical (unpaired) electrons. The SMILES string of the molecule is CCOC(=O)C(C)(C)Cc1c(SC(C)(C)C)c2cc(OC(C)c3nc4ccccc4s3)ccc2n1Cc1ccc(-c2ccc(OC)nc2)cc1. The second-order valence-electron chi connectivity index (χ2n) is 14.1. The first kappa shape index (κ1) is 35.5. The first-order valence-corrected chi connectivity index (χ1v) is 18.6. The third-order valence-electron chi connectivity index (χ3n) is 8.48. The maximum atomic E-state index is 13.3. The van der Waals surface area contributed by atoms with Gasteiger partial charge in [-0.25, -0.2) is 9.97 Å². The molecule has 1 atom stereocenters. The molecule has 3 aromatic carbocycles. The second-order valence-corrected chi connectivity index (χ2v) is 17.0. The number of carbonyl (C=O) groups excluding carboxylic acids is 1. The lowest BCUT2D eigenvalue weighted by atomic mass is 9.87. The molecule has 0 aliphatic rings. The monoisotopic (exact) mass is 707 g/mol. The quantitative estimate of drug-likeness (QED) is 0.0926. The Kier molecular flexibility index (Phi) is 10.3. The lowest BCUT2D eigenvalue weighted by Crippen LogP contribution is -2.30. The van der Waals surface area contributed by atoms with Gasteiger partial charge in [0, 0.05) is 57.0 Å². The van der Waals surface area contributed by atoms with Gasteiger partial charge in [-0.1, -0.05) is 57.2 Å². The fourth-order valence-corrected chi connectivity index (χ4v) is 8.13. The van der Waals surface area contributed by atoms with Crippen molar-refractivity contribution in [3.8, 4) is 22.8 Å². The Morgan fingerprint density at radius 3 is 2.36 bits per heavy atom. The topological polar surface area (TPSA) is 75.5 Å². The highest BCUT2D eigenvalue weighted by Crippen LogP contribution is 2.45. The molecule has 6 aromatic rings. The summed E-state index contributed by atoms with van der Waals surface area (Å²) in [6.45, 7) is 15.5. The zero-order chi connectivity index (χ0) is 35.6. The van der Waals surface area contributed by atoms with Crippen molar-refractivity contribution < 1.29 is 19.0 Å². The average Bonchev–Trinajstić information content (AvgIpc) is 3.64. The minimum atomic E-state index is -0.735. The molecule has 0 spiro atoms. The van der Waals surface area contributed by atoms with E-state index in [0.717, 1.165) is 59.2 Å². The maximum absolute atomic E-state index is 13.3. The molecular formula is C41H45N3O4S2. The van der Waals surface area contributed by atoms with Gasteiger partial charge in [-0.15, -0.1) is 23.1 Å². The molecule has 3 aromatic heterocycles. The van der Waals surface area contributed by atoms with Crippen molar-refractivity contribution in [1.29, 1.82) is 0 Å². The lowest BCUT2D eigenvalue weighted by Gasteiger charge is -2.26. The van der Waals surface area contributed by atoms with E-state index in [-0.39, 0.29) is 16.8 Å². The van der Waals surface area contributed by atoms with Crippen LogP contribution in [-0.4, -0.2) is 39.0 Å². The number of hydrogen-bond acceptors (Lipinski definition) is 8. The van der Waals surface area contributed by atoms with E-state index in [9.17, 15) is 4.79 Å². The van der Waals surface area contributed by atoms with Crippen LogP contribution >= 0.6 is 23.1 Å². The van der Waals surface area contributed by atoms with E-state index in [1.54, 1.807) is 18.4 Å². The number of esters is 1. The standard InChI is InChI=1S/C41H45N3O4S2/c1-9-47-39(45)41(6,7)23-34-37(50-40(3,4)5)31-22-30(48-26(2)38-43-32-12-10-11-13-35(32)49-38)19-20-33(31)44(34)25-27-14-16-28(17-15-27)29-18-21-36(46-8)42-24-29/h10-22,24,26H,9,23,25H2,1-8H3. The Labute approximate surface area is 303 Å². The van der Waals surface area contributed by atoms with Gasteiger partial charge in [0.15, 0.2) is 0 Å². The average molecular weight is 708 g/mol. The maximum Gasteiger partial charge on any atom is 0.311 e. The molecule has 1 unspecified atom stereocenters. The molecule has 3 heterocycles. The van der Waals surface area contributed by atoms with Crippen LogP contribution in [0.5, 0.6) is 11.6 Å². The fraction of sp³-hybridized carbons (Fsp3) is 0.341. The van der Waals surface area contributed by atoms with E-state index < -0.39 is 5.41 Å². The number of thiazole rings is 1. The van der Waals surface area contributed by atoms with Crippen molar-refractivity contribution in [3.63, 3.8) is 0 Å². The van der Waals surface area contributed by atoms with Crippen LogP contribution in [0.4, 0.5) is 0 Å². The van der Waals surface area contributed by atoms with Crippen molar-refractivity contribution >= 4 is 50.2 Å². The van der Waals surface area contributed by atoms with Crippen LogP contribution in [-0.2, 0) is 22.5 Å². The Bertz CT molecular complexity index is 2080. The zero-order valence-corrected chi connectivity index (χ0v) is 31.7. The van der Waals surface area contributed by atoms with E-state index in [2.05, 4.69) is 79.7 Å². The Morgan fingerprint density at radius 2 is 1.70 bits per heavy atom. The van der Waals surface area contributed by atoms with E-state index in [1.165, 1.54) is 0 Å². The van der Waals surface area contributed by atoms with E-state index in [1.807, 2.05) is 75.1 Å². The Hall–Kier alpha value is -4.34. The van der Waals surface area contributed by atoms with Crippen molar-refractivity contribution in [3.05, 3.63) is 101 Å². The smallest absolute Gasteiger partial charge is 0.311 e. The minimum absolute atomic E-state index is 0.0822. The van der Waals surface area contributed by atoms with Gasteiger partial charge in [-0.05, 0) is 75.2 Å². The van der Waals surface area contributed by atoms with Gasteiger partial charge < -0.3 is 18.8 Å². The summed E-state index contributed by atoms with van der Waals surface area (Å²) in [5.74, 6) is 1.17. The Balaban J connectivity index is 1.42. The van der Waals surface area contributed by atoms with Gasteiger partial charge in [0.1, 0.15) is 16.9 Å². The largest absolute Gasteiger partial charge is 0.484 e.